The van der Waals surface area contributed by atoms with Gasteiger partial charge in [-0.25, -0.2) is 0 Å². The van der Waals surface area contributed by atoms with Gasteiger partial charge in [0.1, 0.15) is 7.11 Å². The van der Waals surface area contributed by atoms with Crippen LogP contribution in [0.5, 0.6) is 0 Å². The van der Waals surface area contributed by atoms with E-state index in [1.165, 1.54) is 28.3 Å². The Kier molecular flexibility index (Phi) is 5.76. The lowest BCUT2D eigenvalue weighted by Gasteiger charge is -2.26. The zero-order valence-electron chi connectivity index (χ0n) is 14.3. The lowest BCUT2D eigenvalue weighted by molar-refractivity contribution is 0.212. The first-order valence-electron chi connectivity index (χ1n) is 7.69. The lowest BCUT2D eigenvalue weighted by Crippen LogP contribution is -2.46. The van der Waals surface area contributed by atoms with Gasteiger partial charge in [-0.3, -0.25) is 0 Å². The second-order valence-corrected chi connectivity index (χ2v) is 7.87. The van der Waals surface area contributed by atoms with E-state index in [1.807, 2.05) is 13.8 Å². The number of oxime groups is 1. The van der Waals surface area contributed by atoms with E-state index in [2.05, 4.69) is 47.9 Å². The van der Waals surface area contributed by atoms with Gasteiger partial charge in [-0.1, -0.05) is 30.4 Å². The van der Waals surface area contributed by atoms with Crippen molar-refractivity contribution in [3.8, 4) is 0 Å². The Labute approximate surface area is 147 Å². The average Bonchev–Trinajstić information content (AvgIpc) is 2.93. The van der Waals surface area contributed by atoms with Crippen molar-refractivity contribution in [1.29, 1.82) is 0 Å². The smallest absolute Gasteiger partial charge is 0.106 e. The molecule has 0 aliphatic heterocycles. The molecule has 0 amide bonds. The Morgan fingerprint density at radius 1 is 1.48 bits per heavy atom. The molecule has 124 valence electrons. The van der Waals surface area contributed by atoms with Gasteiger partial charge in [0.2, 0.25) is 0 Å². The van der Waals surface area contributed by atoms with E-state index in [0.717, 1.165) is 11.4 Å². The highest BCUT2D eigenvalue weighted by atomic mass is 32.1. The van der Waals surface area contributed by atoms with Gasteiger partial charge in [0, 0.05) is 10.6 Å². The van der Waals surface area contributed by atoms with Crippen molar-refractivity contribution >= 4 is 44.8 Å². The third kappa shape index (κ3) is 4.75. The molecule has 0 radical (unpaired) electrons. The summed E-state index contributed by atoms with van der Waals surface area (Å²) in [6, 6.07) is 6.74. The zero-order valence-corrected chi connectivity index (χ0v) is 16.0. The van der Waals surface area contributed by atoms with Gasteiger partial charge < -0.3 is 10.2 Å². The third-order valence-corrected chi connectivity index (χ3v) is 5.12. The molecule has 2 rings (SSSR count). The molecule has 0 aliphatic rings. The van der Waals surface area contributed by atoms with Gasteiger partial charge in [0.05, 0.1) is 16.7 Å². The van der Waals surface area contributed by atoms with Crippen LogP contribution in [0, 0.1) is 12.8 Å². The fourth-order valence-corrected chi connectivity index (χ4v) is 3.82. The molecule has 5 heteroatoms. The van der Waals surface area contributed by atoms with Crippen molar-refractivity contribution in [2.45, 2.75) is 39.7 Å². The van der Waals surface area contributed by atoms with E-state index in [-0.39, 0.29) is 11.5 Å². The minimum Gasteiger partial charge on any atom is -0.399 e. The fraction of sp³-hybridized carbons (Fsp3) is 0.444. The van der Waals surface area contributed by atoms with Crippen LogP contribution in [0.3, 0.4) is 0 Å². The molecule has 0 aliphatic carbocycles. The molecule has 0 bridgehead atoms. The number of rotatable bonds is 6. The number of nitrogens with zero attached hydrogens (tertiary/aromatic N) is 1. The van der Waals surface area contributed by atoms with Crippen molar-refractivity contribution in [2.24, 2.45) is 11.1 Å². The van der Waals surface area contributed by atoms with Crippen LogP contribution in [0.4, 0.5) is 0 Å². The molecule has 0 saturated carbocycles. The Bertz CT molecular complexity index is 719. The van der Waals surface area contributed by atoms with Crippen LogP contribution < -0.4 is 5.32 Å². The monoisotopic (exact) mass is 348 g/mol. The number of fused-ring (bicyclic) bond motifs is 1. The molecular formula is C18H24N2OS2. The Hall–Kier alpha value is -1.46. The number of benzene rings is 1. The molecule has 1 aromatic heterocycles. The molecule has 1 atom stereocenters. The van der Waals surface area contributed by atoms with E-state index in [0.29, 0.717) is 0 Å². The van der Waals surface area contributed by atoms with Crippen molar-refractivity contribution < 1.29 is 4.84 Å². The van der Waals surface area contributed by atoms with Crippen molar-refractivity contribution in [2.75, 3.05) is 7.11 Å². The SMILES string of the molecule is CON=CC(C)(C)NC(=S)C(C)Cc1cc(C)c2ccsc2c1. The van der Waals surface area contributed by atoms with Gasteiger partial charge >= 0.3 is 0 Å². The molecule has 3 nitrogen and oxygen atoms in total. The average molecular weight is 349 g/mol. The highest BCUT2D eigenvalue weighted by molar-refractivity contribution is 7.80. The number of nitrogens with one attached hydrogen (secondary N) is 1. The first-order valence-corrected chi connectivity index (χ1v) is 8.97. The minimum absolute atomic E-state index is 0.261. The van der Waals surface area contributed by atoms with Gasteiger partial charge in [-0.05, 0) is 61.2 Å². The maximum absolute atomic E-state index is 5.58. The van der Waals surface area contributed by atoms with E-state index in [4.69, 9.17) is 17.1 Å². The molecule has 2 aromatic rings. The summed E-state index contributed by atoms with van der Waals surface area (Å²) in [6.45, 7) is 8.38. The fourth-order valence-electron chi connectivity index (χ4n) is 2.55. The topological polar surface area (TPSA) is 33.6 Å². The highest BCUT2D eigenvalue weighted by Gasteiger charge is 2.20. The Balaban J connectivity index is 2.06. The summed E-state index contributed by atoms with van der Waals surface area (Å²) < 4.78 is 1.35. The van der Waals surface area contributed by atoms with Crippen LogP contribution in [0.25, 0.3) is 10.1 Å². The van der Waals surface area contributed by atoms with E-state index >= 15 is 0 Å². The number of thiophene rings is 1. The van der Waals surface area contributed by atoms with Crippen LogP contribution in [0.1, 0.15) is 31.9 Å². The predicted octanol–water partition coefficient (Wildman–Crippen LogP) is 4.72. The molecule has 1 heterocycles. The van der Waals surface area contributed by atoms with Gasteiger partial charge in [0.25, 0.3) is 0 Å². The van der Waals surface area contributed by atoms with Crippen molar-refractivity contribution in [3.05, 3.63) is 34.7 Å². The van der Waals surface area contributed by atoms with Crippen LogP contribution in [0.2, 0.25) is 0 Å². The van der Waals surface area contributed by atoms with E-state index < -0.39 is 0 Å². The van der Waals surface area contributed by atoms with Crippen LogP contribution in [0.15, 0.2) is 28.7 Å². The molecular weight excluding hydrogens is 324 g/mol. The number of hydrogen-bond donors (Lipinski definition) is 1. The van der Waals surface area contributed by atoms with Gasteiger partial charge in [0.15, 0.2) is 0 Å². The molecule has 0 spiro atoms. The largest absolute Gasteiger partial charge is 0.399 e. The number of hydrogen-bond acceptors (Lipinski definition) is 4. The van der Waals surface area contributed by atoms with Crippen molar-refractivity contribution in [3.63, 3.8) is 0 Å². The van der Waals surface area contributed by atoms with Crippen LogP contribution in [-0.2, 0) is 11.3 Å². The maximum atomic E-state index is 5.58. The molecule has 1 aromatic carbocycles. The summed E-state index contributed by atoms with van der Waals surface area (Å²) in [5.74, 6) is 0.261. The summed E-state index contributed by atoms with van der Waals surface area (Å²) in [4.78, 5) is 5.60. The van der Waals surface area contributed by atoms with Gasteiger partial charge in [-0.15, -0.1) is 11.3 Å². The normalized spacial score (nSPS) is 13.4. The minimum atomic E-state index is -0.324. The summed E-state index contributed by atoms with van der Waals surface area (Å²) in [7, 11) is 1.54. The molecule has 1 N–H and O–H groups in total. The second-order valence-electron chi connectivity index (χ2n) is 6.48. The summed E-state index contributed by atoms with van der Waals surface area (Å²) in [5, 5.41) is 10.7. The number of aryl methyl sites for hydroxylation is 1. The van der Waals surface area contributed by atoms with Gasteiger partial charge in [-0.2, -0.15) is 0 Å². The number of thiocarbonyl (C=S) groups is 1. The lowest BCUT2D eigenvalue weighted by atomic mass is 9.97. The zero-order chi connectivity index (χ0) is 17.0. The van der Waals surface area contributed by atoms with E-state index in [1.54, 1.807) is 17.6 Å². The third-order valence-electron chi connectivity index (χ3n) is 3.75. The van der Waals surface area contributed by atoms with Crippen LogP contribution >= 0.6 is 23.6 Å². The molecule has 0 fully saturated rings. The summed E-state index contributed by atoms with van der Waals surface area (Å²) in [5.41, 5.74) is 2.34. The Morgan fingerprint density at radius 3 is 2.91 bits per heavy atom. The molecule has 0 saturated heterocycles. The highest BCUT2D eigenvalue weighted by Crippen LogP contribution is 2.27. The second kappa shape index (κ2) is 7.41. The Morgan fingerprint density at radius 2 is 2.22 bits per heavy atom. The predicted molar refractivity (Wildman–Crippen MR) is 105 cm³/mol. The summed E-state index contributed by atoms with van der Waals surface area (Å²) in [6.07, 6.45) is 2.66. The maximum Gasteiger partial charge on any atom is 0.106 e. The molecule has 23 heavy (non-hydrogen) atoms. The standard InChI is InChI=1S/C18H24N2OS2/c1-12-8-14(10-16-15(12)6-7-23-16)9-13(2)17(22)20-18(3,4)11-19-21-5/h6-8,10-11,13H,9H2,1-5H3,(H,20,22). The first-order chi connectivity index (χ1) is 10.8. The quantitative estimate of drug-likeness (QED) is 0.466. The van der Waals surface area contributed by atoms with Crippen molar-refractivity contribution in [1.82, 2.24) is 5.32 Å². The molecule has 1 unspecified atom stereocenters. The first kappa shape index (κ1) is 17.9. The van der Waals surface area contributed by atoms with Crippen LogP contribution in [-0.4, -0.2) is 23.9 Å². The van der Waals surface area contributed by atoms with E-state index in [9.17, 15) is 0 Å². The summed E-state index contributed by atoms with van der Waals surface area (Å²) >= 11 is 7.37.